The molecular formula is C12H17NO2. The van der Waals surface area contributed by atoms with E-state index in [2.05, 4.69) is 24.4 Å². The van der Waals surface area contributed by atoms with Gasteiger partial charge in [-0.2, -0.15) is 0 Å². The molecule has 0 amide bonds. The van der Waals surface area contributed by atoms with Gasteiger partial charge in [0.05, 0.1) is 6.61 Å². The standard InChI is InChI=1S/C12H17NO2/c1-9-10(5-6-13-2)3-4-12-11(9)7-14-8-15-12/h3-4,13H,5-8H2,1-2H3. The molecule has 3 nitrogen and oxygen atoms in total. The minimum atomic E-state index is 0.377. The van der Waals surface area contributed by atoms with Crippen LogP contribution in [0.1, 0.15) is 16.7 Å². The van der Waals surface area contributed by atoms with Gasteiger partial charge in [0.1, 0.15) is 5.75 Å². The van der Waals surface area contributed by atoms with Crippen molar-refractivity contribution in [1.29, 1.82) is 0 Å². The molecule has 0 radical (unpaired) electrons. The van der Waals surface area contributed by atoms with Gasteiger partial charge in [-0.3, -0.25) is 0 Å². The van der Waals surface area contributed by atoms with E-state index in [1.165, 1.54) is 16.7 Å². The van der Waals surface area contributed by atoms with Crippen LogP contribution in [0.25, 0.3) is 0 Å². The summed E-state index contributed by atoms with van der Waals surface area (Å²) in [6.45, 7) is 4.19. The molecule has 0 aliphatic carbocycles. The van der Waals surface area contributed by atoms with Crippen LogP contribution in [0.3, 0.4) is 0 Å². The molecule has 0 aromatic heterocycles. The maximum absolute atomic E-state index is 5.43. The summed E-state index contributed by atoms with van der Waals surface area (Å²) in [6.07, 6.45) is 1.05. The topological polar surface area (TPSA) is 30.5 Å². The second-order valence-electron chi connectivity index (χ2n) is 3.79. The Balaban J connectivity index is 2.26. The summed E-state index contributed by atoms with van der Waals surface area (Å²) < 4.78 is 10.7. The zero-order valence-corrected chi connectivity index (χ0v) is 9.30. The van der Waals surface area contributed by atoms with E-state index in [-0.39, 0.29) is 0 Å². The molecule has 1 aromatic rings. The lowest BCUT2D eigenvalue weighted by Crippen LogP contribution is -2.15. The van der Waals surface area contributed by atoms with Crippen molar-refractivity contribution >= 4 is 0 Å². The van der Waals surface area contributed by atoms with E-state index in [1.54, 1.807) is 0 Å². The first-order valence-electron chi connectivity index (χ1n) is 5.29. The fourth-order valence-corrected chi connectivity index (χ4v) is 1.87. The molecule has 1 heterocycles. The third-order valence-electron chi connectivity index (χ3n) is 2.86. The van der Waals surface area contributed by atoms with Gasteiger partial charge in [0.2, 0.25) is 0 Å². The summed E-state index contributed by atoms with van der Waals surface area (Å²) in [4.78, 5) is 0. The van der Waals surface area contributed by atoms with Crippen molar-refractivity contribution < 1.29 is 9.47 Å². The summed E-state index contributed by atoms with van der Waals surface area (Å²) in [7, 11) is 1.97. The van der Waals surface area contributed by atoms with Crippen molar-refractivity contribution in [2.24, 2.45) is 0 Å². The second kappa shape index (κ2) is 4.64. The van der Waals surface area contributed by atoms with Crippen LogP contribution in [0.15, 0.2) is 12.1 Å². The highest BCUT2D eigenvalue weighted by molar-refractivity contribution is 5.44. The van der Waals surface area contributed by atoms with Crippen molar-refractivity contribution in [3.8, 4) is 5.75 Å². The zero-order chi connectivity index (χ0) is 10.7. The molecule has 0 fully saturated rings. The van der Waals surface area contributed by atoms with Gasteiger partial charge in [0.15, 0.2) is 6.79 Å². The van der Waals surface area contributed by atoms with E-state index in [0.717, 1.165) is 18.7 Å². The highest BCUT2D eigenvalue weighted by Crippen LogP contribution is 2.28. The van der Waals surface area contributed by atoms with Gasteiger partial charge >= 0.3 is 0 Å². The maximum atomic E-state index is 5.43. The Kier molecular flexibility index (Phi) is 3.23. The first-order chi connectivity index (χ1) is 7.33. The van der Waals surface area contributed by atoms with Crippen LogP contribution in [0.2, 0.25) is 0 Å². The summed E-state index contributed by atoms with van der Waals surface area (Å²) in [5, 5.41) is 3.16. The minimum absolute atomic E-state index is 0.377. The SMILES string of the molecule is CNCCc1ccc2c(c1C)COCO2. The van der Waals surface area contributed by atoms with Crippen LogP contribution in [0, 0.1) is 6.92 Å². The Morgan fingerprint density at radius 3 is 3.07 bits per heavy atom. The van der Waals surface area contributed by atoms with Crippen molar-refractivity contribution in [2.75, 3.05) is 20.4 Å². The molecular weight excluding hydrogens is 190 g/mol. The zero-order valence-electron chi connectivity index (χ0n) is 9.30. The Hall–Kier alpha value is -1.06. The molecule has 3 heteroatoms. The Morgan fingerprint density at radius 2 is 2.27 bits per heavy atom. The quantitative estimate of drug-likeness (QED) is 0.817. The van der Waals surface area contributed by atoms with Crippen molar-refractivity contribution in [3.63, 3.8) is 0 Å². The first kappa shape index (κ1) is 10.5. The fourth-order valence-electron chi connectivity index (χ4n) is 1.87. The number of hydrogen-bond acceptors (Lipinski definition) is 3. The largest absolute Gasteiger partial charge is 0.467 e. The smallest absolute Gasteiger partial charge is 0.189 e. The van der Waals surface area contributed by atoms with Gasteiger partial charge in [-0.25, -0.2) is 0 Å². The lowest BCUT2D eigenvalue weighted by molar-refractivity contribution is -0.0167. The average Bonchev–Trinajstić information content (AvgIpc) is 2.29. The van der Waals surface area contributed by atoms with Gasteiger partial charge in [-0.05, 0) is 44.1 Å². The van der Waals surface area contributed by atoms with Crippen LogP contribution in [0.5, 0.6) is 5.75 Å². The van der Waals surface area contributed by atoms with Crippen LogP contribution in [-0.2, 0) is 17.8 Å². The van der Waals surface area contributed by atoms with Gasteiger partial charge < -0.3 is 14.8 Å². The molecule has 2 rings (SSSR count). The summed E-state index contributed by atoms with van der Waals surface area (Å²) in [5.74, 6) is 0.979. The number of likely N-dealkylation sites (N-methyl/N-ethyl adjacent to an activating group) is 1. The predicted molar refractivity (Wildman–Crippen MR) is 59.1 cm³/mol. The van der Waals surface area contributed by atoms with Crippen LogP contribution < -0.4 is 10.1 Å². The average molecular weight is 207 g/mol. The van der Waals surface area contributed by atoms with Gasteiger partial charge in [0, 0.05) is 5.56 Å². The second-order valence-corrected chi connectivity index (χ2v) is 3.79. The number of nitrogens with one attached hydrogen (secondary N) is 1. The molecule has 1 N–H and O–H groups in total. The van der Waals surface area contributed by atoms with E-state index in [0.29, 0.717) is 13.4 Å². The highest BCUT2D eigenvalue weighted by Gasteiger charge is 2.14. The molecule has 1 aliphatic heterocycles. The summed E-state index contributed by atoms with van der Waals surface area (Å²) in [5.41, 5.74) is 3.88. The highest BCUT2D eigenvalue weighted by atomic mass is 16.7. The molecule has 0 atom stereocenters. The Morgan fingerprint density at radius 1 is 1.40 bits per heavy atom. The van der Waals surface area contributed by atoms with Crippen molar-refractivity contribution in [3.05, 3.63) is 28.8 Å². The molecule has 1 aromatic carbocycles. The lowest BCUT2D eigenvalue weighted by atomic mass is 9.99. The van der Waals surface area contributed by atoms with Crippen LogP contribution in [-0.4, -0.2) is 20.4 Å². The van der Waals surface area contributed by atoms with Crippen LogP contribution in [0.4, 0.5) is 0 Å². The van der Waals surface area contributed by atoms with E-state index in [4.69, 9.17) is 9.47 Å². The number of benzene rings is 1. The summed E-state index contributed by atoms with van der Waals surface area (Å²) in [6, 6.07) is 4.20. The molecule has 82 valence electrons. The number of rotatable bonds is 3. The minimum Gasteiger partial charge on any atom is -0.467 e. The number of ether oxygens (including phenoxy) is 2. The molecule has 0 saturated carbocycles. The predicted octanol–water partition coefficient (Wildman–Crippen LogP) is 1.62. The maximum Gasteiger partial charge on any atom is 0.189 e. The third-order valence-corrected chi connectivity index (χ3v) is 2.86. The van der Waals surface area contributed by atoms with Gasteiger partial charge in [-0.15, -0.1) is 0 Å². The van der Waals surface area contributed by atoms with E-state index in [1.807, 2.05) is 7.05 Å². The molecule has 0 spiro atoms. The number of fused-ring (bicyclic) bond motifs is 1. The molecule has 0 saturated heterocycles. The lowest BCUT2D eigenvalue weighted by Gasteiger charge is -2.21. The summed E-state index contributed by atoms with van der Waals surface area (Å²) >= 11 is 0. The van der Waals surface area contributed by atoms with Crippen molar-refractivity contribution in [1.82, 2.24) is 5.32 Å². The molecule has 1 aliphatic rings. The molecule has 0 unspecified atom stereocenters. The normalized spacial score (nSPS) is 14.5. The van der Waals surface area contributed by atoms with Crippen molar-refractivity contribution in [2.45, 2.75) is 20.0 Å². The van der Waals surface area contributed by atoms with Gasteiger partial charge in [0.25, 0.3) is 0 Å². The van der Waals surface area contributed by atoms with Crippen LogP contribution >= 0.6 is 0 Å². The fraction of sp³-hybridized carbons (Fsp3) is 0.500. The van der Waals surface area contributed by atoms with E-state index >= 15 is 0 Å². The third kappa shape index (κ3) is 2.13. The Bertz CT molecular complexity index is 350. The number of hydrogen-bond donors (Lipinski definition) is 1. The molecule has 0 bridgehead atoms. The first-order valence-corrected chi connectivity index (χ1v) is 5.29. The Labute approximate surface area is 90.4 Å². The molecule has 15 heavy (non-hydrogen) atoms. The van der Waals surface area contributed by atoms with E-state index in [9.17, 15) is 0 Å². The van der Waals surface area contributed by atoms with Gasteiger partial charge in [-0.1, -0.05) is 6.07 Å². The monoisotopic (exact) mass is 207 g/mol. The van der Waals surface area contributed by atoms with E-state index < -0.39 is 0 Å².